The Bertz CT molecular complexity index is 992. The highest BCUT2D eigenvalue weighted by atomic mass is 19.1. The Kier molecular flexibility index (Phi) is 6.28. The predicted molar refractivity (Wildman–Crippen MR) is 109 cm³/mol. The Morgan fingerprint density at radius 1 is 1.16 bits per heavy atom. The van der Waals surface area contributed by atoms with Crippen LogP contribution in [0.4, 0.5) is 8.78 Å². The molecule has 1 aliphatic heterocycles. The van der Waals surface area contributed by atoms with Crippen LogP contribution in [0.2, 0.25) is 0 Å². The van der Waals surface area contributed by atoms with E-state index in [1.165, 1.54) is 17.2 Å². The number of benzene rings is 1. The summed E-state index contributed by atoms with van der Waals surface area (Å²) >= 11 is 0. The van der Waals surface area contributed by atoms with Gasteiger partial charge in [0.15, 0.2) is 0 Å². The Hall–Kier alpha value is -2.85. The van der Waals surface area contributed by atoms with Gasteiger partial charge in [-0.2, -0.15) is 5.26 Å². The van der Waals surface area contributed by atoms with Gasteiger partial charge in [0.05, 0.1) is 18.2 Å². The van der Waals surface area contributed by atoms with Gasteiger partial charge in [0.2, 0.25) is 5.91 Å². The van der Waals surface area contributed by atoms with Crippen molar-refractivity contribution in [1.82, 2.24) is 10.0 Å². The molecule has 2 aromatic rings. The van der Waals surface area contributed by atoms with Crippen molar-refractivity contribution in [3.05, 3.63) is 64.5 Å². The molecule has 1 aliphatic carbocycles. The van der Waals surface area contributed by atoms with Crippen LogP contribution in [-0.4, -0.2) is 22.6 Å². The molecule has 31 heavy (non-hydrogen) atoms. The molecule has 0 spiro atoms. The summed E-state index contributed by atoms with van der Waals surface area (Å²) < 4.78 is 27.3. The standard InChI is InChI=1S/C24H25F2N3O2/c1-15-19(9-17(13-27)14-28-15)8-16-2-4-18(5-3-16)24(30)29-23(6-7-31-29)20-10-21(25)12-22(26)11-20/h9-12,14,16,18,23H,2-8H2,1H3/t16?,18?,23-/m0/s1. The van der Waals surface area contributed by atoms with E-state index in [9.17, 15) is 13.6 Å². The second-order valence-corrected chi connectivity index (χ2v) is 8.51. The van der Waals surface area contributed by atoms with Gasteiger partial charge in [0.1, 0.15) is 17.7 Å². The summed E-state index contributed by atoms with van der Waals surface area (Å²) in [5.74, 6) is -1.12. The van der Waals surface area contributed by atoms with E-state index in [2.05, 4.69) is 11.1 Å². The number of carbonyl (C=O) groups excluding carboxylic acids is 1. The quantitative estimate of drug-likeness (QED) is 0.706. The number of pyridine rings is 1. The fourth-order valence-corrected chi connectivity index (χ4v) is 4.71. The molecule has 1 saturated heterocycles. The number of aryl methyl sites for hydroxylation is 1. The van der Waals surface area contributed by atoms with Gasteiger partial charge in [-0.05, 0) is 74.3 Å². The largest absolute Gasteiger partial charge is 0.272 e. The number of hydrogen-bond acceptors (Lipinski definition) is 4. The lowest BCUT2D eigenvalue weighted by atomic mass is 9.78. The normalized spacial score (nSPS) is 23.5. The molecular formula is C24H25F2N3O2. The molecular weight excluding hydrogens is 400 g/mol. The summed E-state index contributed by atoms with van der Waals surface area (Å²) in [6.07, 6.45) is 6.26. The van der Waals surface area contributed by atoms with Crippen LogP contribution >= 0.6 is 0 Å². The van der Waals surface area contributed by atoms with Crippen LogP contribution in [0.25, 0.3) is 0 Å². The number of hydrogen-bond donors (Lipinski definition) is 0. The fraction of sp³-hybridized carbons (Fsp3) is 0.458. The van der Waals surface area contributed by atoms with E-state index in [1.54, 1.807) is 6.20 Å². The average Bonchev–Trinajstić information content (AvgIpc) is 3.25. The second kappa shape index (κ2) is 9.11. The number of rotatable bonds is 4. The first kappa shape index (κ1) is 21.4. The molecule has 4 rings (SSSR count). The lowest BCUT2D eigenvalue weighted by molar-refractivity contribution is -0.183. The molecule has 1 atom stereocenters. The number of nitriles is 1. The van der Waals surface area contributed by atoms with E-state index in [0.717, 1.165) is 49.4 Å². The second-order valence-electron chi connectivity index (χ2n) is 8.51. The number of nitrogens with zero attached hydrogens (tertiary/aromatic N) is 3. The van der Waals surface area contributed by atoms with Crippen molar-refractivity contribution in [2.75, 3.05) is 6.61 Å². The van der Waals surface area contributed by atoms with E-state index in [-0.39, 0.29) is 11.8 Å². The Morgan fingerprint density at radius 2 is 1.87 bits per heavy atom. The number of hydroxylamine groups is 2. The molecule has 1 saturated carbocycles. The number of amides is 1. The zero-order valence-electron chi connectivity index (χ0n) is 17.5. The smallest absolute Gasteiger partial charge is 0.249 e. The van der Waals surface area contributed by atoms with Crippen molar-refractivity contribution >= 4 is 5.91 Å². The zero-order chi connectivity index (χ0) is 22.0. The van der Waals surface area contributed by atoms with Gasteiger partial charge >= 0.3 is 0 Å². The summed E-state index contributed by atoms with van der Waals surface area (Å²) in [6, 6.07) is 6.95. The molecule has 0 bridgehead atoms. The Balaban J connectivity index is 1.38. The first-order valence-corrected chi connectivity index (χ1v) is 10.7. The van der Waals surface area contributed by atoms with Gasteiger partial charge in [0.25, 0.3) is 0 Å². The third-order valence-electron chi connectivity index (χ3n) is 6.42. The van der Waals surface area contributed by atoms with Crippen molar-refractivity contribution in [2.24, 2.45) is 11.8 Å². The van der Waals surface area contributed by atoms with E-state index in [4.69, 9.17) is 10.1 Å². The molecule has 7 heteroatoms. The lowest BCUT2D eigenvalue weighted by Gasteiger charge is -2.32. The highest BCUT2D eigenvalue weighted by Crippen LogP contribution is 2.37. The van der Waals surface area contributed by atoms with Crippen molar-refractivity contribution < 1.29 is 18.4 Å². The number of aromatic nitrogens is 1. The molecule has 2 fully saturated rings. The van der Waals surface area contributed by atoms with Crippen molar-refractivity contribution in [3.8, 4) is 6.07 Å². The zero-order valence-corrected chi connectivity index (χ0v) is 17.5. The van der Waals surface area contributed by atoms with Crippen LogP contribution in [0.15, 0.2) is 30.5 Å². The minimum atomic E-state index is -0.653. The third-order valence-corrected chi connectivity index (χ3v) is 6.42. The van der Waals surface area contributed by atoms with Crippen LogP contribution in [0.5, 0.6) is 0 Å². The molecule has 1 aromatic carbocycles. The molecule has 162 valence electrons. The molecule has 2 aliphatic rings. The summed E-state index contributed by atoms with van der Waals surface area (Å²) in [7, 11) is 0. The van der Waals surface area contributed by atoms with Crippen molar-refractivity contribution in [1.29, 1.82) is 5.26 Å². The summed E-state index contributed by atoms with van der Waals surface area (Å²) in [6.45, 7) is 2.30. The van der Waals surface area contributed by atoms with Crippen LogP contribution in [0.1, 0.15) is 60.5 Å². The minimum Gasteiger partial charge on any atom is -0.272 e. The topological polar surface area (TPSA) is 66.2 Å². The predicted octanol–water partition coefficient (Wildman–Crippen LogP) is 4.79. The van der Waals surface area contributed by atoms with Crippen molar-refractivity contribution in [2.45, 2.75) is 51.5 Å². The van der Waals surface area contributed by atoms with Gasteiger partial charge in [0, 0.05) is 30.3 Å². The van der Waals surface area contributed by atoms with E-state index < -0.39 is 17.7 Å². The van der Waals surface area contributed by atoms with E-state index in [1.807, 2.05) is 13.0 Å². The molecule has 0 N–H and O–H groups in total. The summed E-state index contributed by atoms with van der Waals surface area (Å²) in [4.78, 5) is 23.0. The van der Waals surface area contributed by atoms with Crippen molar-refractivity contribution in [3.63, 3.8) is 0 Å². The Labute approximate surface area is 180 Å². The van der Waals surface area contributed by atoms with Gasteiger partial charge in [-0.1, -0.05) is 0 Å². The van der Waals surface area contributed by atoms with Gasteiger partial charge in [-0.3, -0.25) is 14.6 Å². The van der Waals surface area contributed by atoms with Crippen LogP contribution < -0.4 is 0 Å². The molecule has 1 aromatic heterocycles. The first-order chi connectivity index (χ1) is 14.9. The Morgan fingerprint density at radius 3 is 2.55 bits per heavy atom. The van der Waals surface area contributed by atoms with Crippen LogP contribution in [-0.2, 0) is 16.1 Å². The molecule has 0 unspecified atom stereocenters. The summed E-state index contributed by atoms with van der Waals surface area (Å²) in [5, 5.41) is 10.4. The first-order valence-electron chi connectivity index (χ1n) is 10.7. The maximum absolute atomic E-state index is 13.7. The highest BCUT2D eigenvalue weighted by molar-refractivity contribution is 5.78. The van der Waals surface area contributed by atoms with E-state index in [0.29, 0.717) is 30.1 Å². The van der Waals surface area contributed by atoms with E-state index >= 15 is 0 Å². The maximum Gasteiger partial charge on any atom is 0.249 e. The fourth-order valence-electron chi connectivity index (χ4n) is 4.71. The lowest BCUT2D eigenvalue weighted by Crippen LogP contribution is -2.36. The highest BCUT2D eigenvalue weighted by Gasteiger charge is 2.37. The SMILES string of the molecule is Cc1ncc(C#N)cc1CC1CCC(C(=O)N2OCC[C@H]2c2cc(F)cc(F)c2)CC1. The summed E-state index contributed by atoms with van der Waals surface area (Å²) in [5.41, 5.74) is 3.02. The van der Waals surface area contributed by atoms with Gasteiger partial charge < -0.3 is 0 Å². The van der Waals surface area contributed by atoms with Gasteiger partial charge in [-0.25, -0.2) is 13.8 Å². The molecule has 2 heterocycles. The maximum atomic E-state index is 13.7. The number of halogens is 2. The van der Waals surface area contributed by atoms with Crippen LogP contribution in [0.3, 0.4) is 0 Å². The average molecular weight is 425 g/mol. The van der Waals surface area contributed by atoms with Crippen LogP contribution in [0, 0.1) is 41.7 Å². The molecule has 5 nitrogen and oxygen atoms in total. The number of carbonyl (C=O) groups is 1. The molecule has 1 amide bonds. The third kappa shape index (κ3) is 4.75. The van der Waals surface area contributed by atoms with Gasteiger partial charge in [-0.15, -0.1) is 0 Å². The monoisotopic (exact) mass is 425 g/mol. The molecule has 0 radical (unpaired) electrons. The minimum absolute atomic E-state index is 0.102.